The van der Waals surface area contributed by atoms with E-state index in [0.717, 1.165) is 34.5 Å². The number of nitrogens with zero attached hydrogens (tertiary/aromatic N) is 3. The highest BCUT2D eigenvalue weighted by Gasteiger charge is 2.18. The van der Waals surface area contributed by atoms with Gasteiger partial charge in [0.05, 0.1) is 17.5 Å². The normalized spacial score (nSPS) is 12.0. The maximum Gasteiger partial charge on any atom is 0.155 e. The van der Waals surface area contributed by atoms with Crippen molar-refractivity contribution in [2.75, 3.05) is 0 Å². The summed E-state index contributed by atoms with van der Waals surface area (Å²) in [6.07, 6.45) is 2.44. The van der Waals surface area contributed by atoms with E-state index in [1.807, 2.05) is 30.3 Å². The molecule has 22 heavy (non-hydrogen) atoms. The summed E-state index contributed by atoms with van der Waals surface area (Å²) in [5.41, 5.74) is 3.63. The number of aryl methyl sites for hydroxylation is 1. The molecule has 0 unspecified atom stereocenters. The molecule has 0 aliphatic rings. The molecule has 2 heterocycles. The summed E-state index contributed by atoms with van der Waals surface area (Å²) in [6.45, 7) is 5.63. The van der Waals surface area contributed by atoms with E-state index in [1.165, 1.54) is 0 Å². The van der Waals surface area contributed by atoms with Gasteiger partial charge in [-0.15, -0.1) is 0 Å². The number of hydrogen-bond acceptors (Lipinski definition) is 3. The first kappa shape index (κ1) is 15.0. The molecule has 0 aliphatic heterocycles. The third-order valence-electron chi connectivity index (χ3n) is 3.75. The number of hydrogen-bond donors (Lipinski definition) is 1. The summed E-state index contributed by atoms with van der Waals surface area (Å²) in [5.74, 6) is 0. The van der Waals surface area contributed by atoms with E-state index in [4.69, 9.17) is 11.6 Å². The summed E-state index contributed by atoms with van der Waals surface area (Å²) in [4.78, 5) is 4.25. The molecular weight excluding hydrogens is 298 g/mol. The minimum absolute atomic E-state index is 0.484. The molecule has 0 atom stereocenters. The van der Waals surface area contributed by atoms with Crippen LogP contribution in [0.15, 0.2) is 36.5 Å². The molecule has 4 nitrogen and oxygen atoms in total. The zero-order valence-electron chi connectivity index (χ0n) is 12.8. The van der Waals surface area contributed by atoms with E-state index in [9.17, 15) is 5.11 Å². The molecule has 1 N–H and O–H groups in total. The van der Waals surface area contributed by atoms with Crippen LogP contribution in [0.25, 0.3) is 16.9 Å². The molecule has 0 fully saturated rings. The molecule has 2 aromatic heterocycles. The molecule has 0 bridgehead atoms. The fourth-order valence-corrected chi connectivity index (χ4v) is 2.66. The molecule has 0 aliphatic carbocycles. The van der Waals surface area contributed by atoms with Gasteiger partial charge in [-0.1, -0.05) is 36.7 Å². The number of benzene rings is 1. The standard InChI is InChI=1S/C17H18ClN3O/c1-4-11-9-15-19-10-14(18)21(15)20-16(11)12-6-5-7-13(8-12)17(2,3)22/h5-10,22H,4H2,1-3H3. The highest BCUT2D eigenvalue weighted by Crippen LogP contribution is 2.28. The predicted octanol–water partition coefficient (Wildman–Crippen LogP) is 3.84. The number of aromatic nitrogens is 3. The maximum absolute atomic E-state index is 10.2. The van der Waals surface area contributed by atoms with Crippen LogP contribution in [0.5, 0.6) is 0 Å². The Bertz CT molecular complexity index is 834. The Morgan fingerprint density at radius 2 is 2.05 bits per heavy atom. The van der Waals surface area contributed by atoms with Gasteiger partial charge in [-0.25, -0.2) is 9.50 Å². The van der Waals surface area contributed by atoms with Crippen molar-refractivity contribution in [2.45, 2.75) is 32.8 Å². The summed E-state index contributed by atoms with van der Waals surface area (Å²) >= 11 is 6.13. The monoisotopic (exact) mass is 315 g/mol. The van der Waals surface area contributed by atoms with Gasteiger partial charge in [0.1, 0.15) is 0 Å². The average Bonchev–Trinajstić information content (AvgIpc) is 2.86. The van der Waals surface area contributed by atoms with Crippen LogP contribution < -0.4 is 0 Å². The van der Waals surface area contributed by atoms with E-state index in [-0.39, 0.29) is 0 Å². The van der Waals surface area contributed by atoms with Gasteiger partial charge in [0.2, 0.25) is 0 Å². The van der Waals surface area contributed by atoms with Gasteiger partial charge in [0, 0.05) is 5.56 Å². The topological polar surface area (TPSA) is 50.4 Å². The van der Waals surface area contributed by atoms with Crippen molar-refractivity contribution in [1.29, 1.82) is 0 Å². The van der Waals surface area contributed by atoms with Crippen LogP contribution in [-0.4, -0.2) is 19.7 Å². The number of rotatable bonds is 3. The molecule has 114 valence electrons. The van der Waals surface area contributed by atoms with Gasteiger partial charge in [-0.3, -0.25) is 0 Å². The number of imidazole rings is 1. The number of aliphatic hydroxyl groups is 1. The van der Waals surface area contributed by atoms with Gasteiger partial charge in [-0.2, -0.15) is 5.10 Å². The molecule has 0 radical (unpaired) electrons. The van der Waals surface area contributed by atoms with Crippen LogP contribution in [0.2, 0.25) is 5.15 Å². The van der Waals surface area contributed by atoms with E-state index in [0.29, 0.717) is 5.15 Å². The van der Waals surface area contributed by atoms with Crippen molar-refractivity contribution in [3.63, 3.8) is 0 Å². The van der Waals surface area contributed by atoms with Crippen molar-refractivity contribution in [3.8, 4) is 11.3 Å². The largest absolute Gasteiger partial charge is 0.386 e. The summed E-state index contributed by atoms with van der Waals surface area (Å²) in [5, 5.41) is 15.3. The van der Waals surface area contributed by atoms with Crippen LogP contribution in [0, 0.1) is 0 Å². The Balaban J connectivity index is 2.22. The minimum atomic E-state index is -0.890. The fourth-order valence-electron chi connectivity index (χ4n) is 2.48. The van der Waals surface area contributed by atoms with Gasteiger partial charge in [0.25, 0.3) is 0 Å². The minimum Gasteiger partial charge on any atom is -0.386 e. The zero-order chi connectivity index (χ0) is 15.9. The highest BCUT2D eigenvalue weighted by molar-refractivity contribution is 6.29. The molecule has 0 saturated heterocycles. The van der Waals surface area contributed by atoms with E-state index >= 15 is 0 Å². The summed E-state index contributed by atoms with van der Waals surface area (Å²) in [6, 6.07) is 9.82. The third kappa shape index (κ3) is 2.60. The van der Waals surface area contributed by atoms with Crippen LogP contribution in [0.1, 0.15) is 31.9 Å². The van der Waals surface area contributed by atoms with E-state index in [2.05, 4.69) is 17.0 Å². The van der Waals surface area contributed by atoms with Gasteiger partial charge >= 0.3 is 0 Å². The molecule has 3 aromatic rings. The van der Waals surface area contributed by atoms with Gasteiger partial charge in [0.15, 0.2) is 10.8 Å². The molecule has 0 amide bonds. The van der Waals surface area contributed by atoms with E-state index < -0.39 is 5.60 Å². The van der Waals surface area contributed by atoms with E-state index in [1.54, 1.807) is 24.6 Å². The first-order valence-corrected chi connectivity index (χ1v) is 7.64. The lowest BCUT2D eigenvalue weighted by atomic mass is 9.94. The Labute approximate surface area is 134 Å². The molecule has 1 aromatic carbocycles. The lowest BCUT2D eigenvalue weighted by Gasteiger charge is -2.19. The smallest absolute Gasteiger partial charge is 0.155 e. The van der Waals surface area contributed by atoms with Crippen molar-refractivity contribution < 1.29 is 5.11 Å². The Hall–Kier alpha value is -1.91. The first-order valence-electron chi connectivity index (χ1n) is 7.26. The molecule has 5 heteroatoms. The summed E-state index contributed by atoms with van der Waals surface area (Å²) in [7, 11) is 0. The molecule has 0 spiro atoms. The van der Waals surface area contributed by atoms with Crippen molar-refractivity contribution in [3.05, 3.63) is 52.8 Å². The number of halogens is 1. The van der Waals surface area contributed by atoms with Crippen LogP contribution in [-0.2, 0) is 12.0 Å². The van der Waals surface area contributed by atoms with Crippen molar-refractivity contribution in [2.24, 2.45) is 0 Å². The second-order valence-corrected chi connectivity index (χ2v) is 6.25. The fraction of sp³-hybridized carbons (Fsp3) is 0.294. The first-order chi connectivity index (χ1) is 10.4. The molecular formula is C17H18ClN3O. The third-order valence-corrected chi connectivity index (χ3v) is 4.01. The summed E-state index contributed by atoms with van der Waals surface area (Å²) < 4.78 is 1.63. The zero-order valence-corrected chi connectivity index (χ0v) is 13.6. The quantitative estimate of drug-likeness (QED) is 0.799. The second-order valence-electron chi connectivity index (χ2n) is 5.86. The van der Waals surface area contributed by atoms with Crippen LogP contribution >= 0.6 is 11.6 Å². The molecule has 3 rings (SSSR count). The Morgan fingerprint density at radius 1 is 1.27 bits per heavy atom. The van der Waals surface area contributed by atoms with Crippen LogP contribution in [0.4, 0.5) is 0 Å². The lowest BCUT2D eigenvalue weighted by molar-refractivity contribution is 0.0786. The van der Waals surface area contributed by atoms with Crippen molar-refractivity contribution >= 4 is 17.2 Å². The van der Waals surface area contributed by atoms with Crippen molar-refractivity contribution in [1.82, 2.24) is 14.6 Å². The SMILES string of the molecule is CCc1cc2ncc(Cl)n2nc1-c1cccc(C(C)(C)O)c1. The Kier molecular flexibility index (Phi) is 3.67. The predicted molar refractivity (Wildman–Crippen MR) is 88.1 cm³/mol. The highest BCUT2D eigenvalue weighted by atomic mass is 35.5. The Morgan fingerprint density at radius 3 is 2.73 bits per heavy atom. The second kappa shape index (κ2) is 5.38. The van der Waals surface area contributed by atoms with Gasteiger partial charge < -0.3 is 5.11 Å². The lowest BCUT2D eigenvalue weighted by Crippen LogP contribution is -2.15. The maximum atomic E-state index is 10.2. The van der Waals surface area contributed by atoms with Crippen LogP contribution in [0.3, 0.4) is 0 Å². The van der Waals surface area contributed by atoms with Gasteiger partial charge in [-0.05, 0) is 43.5 Å². The molecule has 0 saturated carbocycles. The number of fused-ring (bicyclic) bond motifs is 1. The average molecular weight is 316 g/mol.